The summed E-state index contributed by atoms with van der Waals surface area (Å²) >= 11 is 6.15. The number of thiol groups is 1. The average molecular weight is 367 g/mol. The van der Waals surface area contributed by atoms with Crippen molar-refractivity contribution in [2.45, 2.75) is 70.8 Å². The first-order chi connectivity index (χ1) is 11.5. The van der Waals surface area contributed by atoms with Crippen molar-refractivity contribution < 1.29 is 4.18 Å². The summed E-state index contributed by atoms with van der Waals surface area (Å²) in [5.41, 5.74) is 0.372. The van der Waals surface area contributed by atoms with Gasteiger partial charge in [-0.2, -0.15) is 0 Å². The molecule has 0 amide bonds. The Hall–Kier alpha value is -0.120. The van der Waals surface area contributed by atoms with Crippen LogP contribution in [0.2, 0.25) is 0 Å². The maximum absolute atomic E-state index is 5.55. The van der Waals surface area contributed by atoms with Crippen molar-refractivity contribution >= 4 is 24.7 Å². The second-order valence-corrected chi connectivity index (χ2v) is 9.15. The Morgan fingerprint density at radius 2 is 2.00 bits per heavy atom. The highest BCUT2D eigenvalue weighted by atomic mass is 32.2. The second-order valence-electron chi connectivity index (χ2n) is 7.77. The fourth-order valence-electron chi connectivity index (χ4n) is 4.70. The summed E-state index contributed by atoms with van der Waals surface area (Å²) < 4.78 is 5.55. The van der Waals surface area contributed by atoms with Gasteiger partial charge in [-0.1, -0.05) is 58.7 Å². The van der Waals surface area contributed by atoms with Crippen molar-refractivity contribution in [2.75, 3.05) is 5.75 Å². The zero-order valence-electron chi connectivity index (χ0n) is 15.7. The summed E-state index contributed by atoms with van der Waals surface area (Å²) in [6.45, 7) is 9.74. The van der Waals surface area contributed by atoms with Gasteiger partial charge in [-0.3, -0.25) is 0 Å². The molecule has 3 heteroatoms. The predicted molar refractivity (Wildman–Crippen MR) is 110 cm³/mol. The Morgan fingerprint density at radius 1 is 1.29 bits per heavy atom. The third kappa shape index (κ3) is 4.74. The summed E-state index contributed by atoms with van der Waals surface area (Å²) in [7, 11) is 0. The number of hydrogen-bond acceptors (Lipinski definition) is 3. The molecule has 5 atom stereocenters. The highest BCUT2D eigenvalue weighted by molar-refractivity contribution is 7.99. The van der Waals surface area contributed by atoms with E-state index in [1.807, 2.05) is 11.8 Å². The standard InChI is InChI=1S/C21H34OS2/c1-5-19-20(22-23)12-9-14-21(19,4)17(3)16(2)13-15-24-18-10-7-6-8-11-18/h6-8,10-11,16-17,19-20,23H,5,9,12-15H2,1-4H3/t16-,17?,19?,20?,21?/m1/s1. The molecule has 1 aromatic rings. The summed E-state index contributed by atoms with van der Waals surface area (Å²) in [5.74, 6) is 3.28. The van der Waals surface area contributed by atoms with Crippen LogP contribution in [0, 0.1) is 23.2 Å². The number of thioether (sulfide) groups is 1. The Labute approximate surface area is 159 Å². The molecule has 1 saturated carbocycles. The summed E-state index contributed by atoms with van der Waals surface area (Å²) in [6, 6.07) is 10.8. The van der Waals surface area contributed by atoms with Gasteiger partial charge in [-0.25, -0.2) is 0 Å². The molecule has 2 rings (SSSR count). The van der Waals surface area contributed by atoms with Gasteiger partial charge in [0.15, 0.2) is 0 Å². The number of rotatable bonds is 8. The van der Waals surface area contributed by atoms with Crippen LogP contribution in [0.4, 0.5) is 0 Å². The third-order valence-corrected chi connectivity index (χ3v) is 7.87. The molecule has 4 unspecified atom stereocenters. The Kier molecular flexibility index (Phi) is 8.03. The van der Waals surface area contributed by atoms with Crippen LogP contribution in [0.25, 0.3) is 0 Å². The van der Waals surface area contributed by atoms with Crippen molar-refractivity contribution in [1.82, 2.24) is 0 Å². The first-order valence-electron chi connectivity index (χ1n) is 9.51. The molecule has 24 heavy (non-hydrogen) atoms. The average Bonchev–Trinajstić information content (AvgIpc) is 2.61. The molecule has 1 aromatic carbocycles. The van der Waals surface area contributed by atoms with Crippen molar-refractivity contribution in [2.24, 2.45) is 23.2 Å². The molecule has 136 valence electrons. The van der Waals surface area contributed by atoms with Crippen molar-refractivity contribution in [3.8, 4) is 0 Å². The third-order valence-electron chi connectivity index (χ3n) is 6.55. The lowest BCUT2D eigenvalue weighted by Crippen LogP contribution is -2.46. The van der Waals surface area contributed by atoms with Gasteiger partial charge in [-0.05, 0) is 73.2 Å². The van der Waals surface area contributed by atoms with E-state index in [0.29, 0.717) is 23.4 Å². The zero-order valence-corrected chi connectivity index (χ0v) is 17.4. The summed E-state index contributed by atoms with van der Waals surface area (Å²) in [5, 5.41) is 0. The highest BCUT2D eigenvalue weighted by Crippen LogP contribution is 2.51. The quantitative estimate of drug-likeness (QED) is 0.305. The van der Waals surface area contributed by atoms with E-state index in [1.165, 1.54) is 42.8 Å². The molecule has 0 aliphatic heterocycles. The maximum atomic E-state index is 5.55. The van der Waals surface area contributed by atoms with E-state index < -0.39 is 0 Å². The number of hydrogen-bond donors (Lipinski definition) is 1. The highest BCUT2D eigenvalue weighted by Gasteiger charge is 2.46. The van der Waals surface area contributed by atoms with E-state index in [1.54, 1.807) is 0 Å². The SMILES string of the molecule is CCC1C(OS)CCCC1(C)C(C)[C@H](C)CCSc1ccccc1. The molecule has 0 bridgehead atoms. The molecule has 1 aliphatic rings. The van der Waals surface area contributed by atoms with E-state index in [4.69, 9.17) is 4.18 Å². The van der Waals surface area contributed by atoms with E-state index in [0.717, 1.165) is 5.92 Å². The molecule has 1 fully saturated rings. The Bertz CT molecular complexity index is 478. The molecule has 1 aliphatic carbocycles. The maximum Gasteiger partial charge on any atom is 0.0752 e. The summed E-state index contributed by atoms with van der Waals surface area (Å²) in [4.78, 5) is 1.39. The minimum absolute atomic E-state index is 0.324. The van der Waals surface area contributed by atoms with E-state index >= 15 is 0 Å². The van der Waals surface area contributed by atoms with Gasteiger partial charge in [-0.15, -0.1) is 11.8 Å². The molecule has 0 heterocycles. The van der Waals surface area contributed by atoms with Gasteiger partial charge in [0.1, 0.15) is 0 Å². The molecule has 0 aromatic heterocycles. The molecule has 1 nitrogen and oxygen atoms in total. The van der Waals surface area contributed by atoms with Crippen molar-refractivity contribution in [1.29, 1.82) is 0 Å². The second kappa shape index (κ2) is 9.54. The first kappa shape index (κ1) is 20.2. The van der Waals surface area contributed by atoms with Gasteiger partial charge in [0, 0.05) is 4.90 Å². The Balaban J connectivity index is 1.93. The lowest BCUT2D eigenvalue weighted by molar-refractivity contribution is -0.0430. The minimum atomic E-state index is 0.324. The van der Waals surface area contributed by atoms with E-state index in [9.17, 15) is 0 Å². The van der Waals surface area contributed by atoms with Crippen LogP contribution < -0.4 is 0 Å². The largest absolute Gasteiger partial charge is 0.315 e. The van der Waals surface area contributed by atoms with Gasteiger partial charge in [0.05, 0.1) is 6.10 Å². The fourth-order valence-corrected chi connectivity index (χ4v) is 6.02. The van der Waals surface area contributed by atoms with Gasteiger partial charge < -0.3 is 4.18 Å². The van der Waals surface area contributed by atoms with Gasteiger partial charge in [0.25, 0.3) is 0 Å². The van der Waals surface area contributed by atoms with Crippen LogP contribution in [-0.4, -0.2) is 11.9 Å². The lowest BCUT2D eigenvalue weighted by Gasteiger charge is -2.50. The van der Waals surface area contributed by atoms with E-state index in [-0.39, 0.29) is 0 Å². The van der Waals surface area contributed by atoms with Crippen molar-refractivity contribution in [3.63, 3.8) is 0 Å². The smallest absolute Gasteiger partial charge is 0.0752 e. The number of benzene rings is 1. The monoisotopic (exact) mass is 366 g/mol. The first-order valence-corrected chi connectivity index (χ1v) is 10.9. The van der Waals surface area contributed by atoms with E-state index in [2.05, 4.69) is 70.9 Å². The Morgan fingerprint density at radius 3 is 2.62 bits per heavy atom. The molecule has 0 spiro atoms. The van der Waals surface area contributed by atoms with Crippen molar-refractivity contribution in [3.05, 3.63) is 30.3 Å². The van der Waals surface area contributed by atoms with Crippen LogP contribution in [0.15, 0.2) is 35.2 Å². The molecule has 0 saturated heterocycles. The van der Waals surface area contributed by atoms with Crippen LogP contribution in [-0.2, 0) is 4.18 Å². The van der Waals surface area contributed by atoms with Gasteiger partial charge >= 0.3 is 0 Å². The molecular formula is C21H34OS2. The van der Waals surface area contributed by atoms with Crippen LogP contribution >= 0.6 is 24.7 Å². The lowest BCUT2D eigenvalue weighted by atomic mass is 9.57. The topological polar surface area (TPSA) is 9.23 Å². The molecule has 0 radical (unpaired) electrons. The van der Waals surface area contributed by atoms with Crippen LogP contribution in [0.3, 0.4) is 0 Å². The fraction of sp³-hybridized carbons (Fsp3) is 0.714. The summed E-state index contributed by atoms with van der Waals surface area (Å²) in [6.07, 6.45) is 6.56. The van der Waals surface area contributed by atoms with Crippen LogP contribution in [0.1, 0.15) is 59.8 Å². The minimum Gasteiger partial charge on any atom is -0.315 e. The molecule has 0 N–H and O–H groups in total. The predicted octanol–water partition coefficient (Wildman–Crippen LogP) is 6.89. The normalized spacial score (nSPS) is 30.0. The zero-order chi connectivity index (χ0) is 17.6. The van der Waals surface area contributed by atoms with Crippen LogP contribution in [0.5, 0.6) is 0 Å². The molecular weight excluding hydrogens is 332 g/mol. The van der Waals surface area contributed by atoms with Gasteiger partial charge in [0.2, 0.25) is 0 Å².